The van der Waals surface area contributed by atoms with Crippen molar-refractivity contribution in [3.63, 3.8) is 0 Å². The molecule has 0 bridgehead atoms. The molecule has 2 aromatic rings. The van der Waals surface area contributed by atoms with Crippen molar-refractivity contribution in [2.75, 3.05) is 55.9 Å². The van der Waals surface area contributed by atoms with Crippen LogP contribution in [0, 0.1) is 30.1 Å². The van der Waals surface area contributed by atoms with E-state index in [0.29, 0.717) is 31.4 Å². The molecule has 0 radical (unpaired) electrons. The van der Waals surface area contributed by atoms with Crippen LogP contribution in [0.25, 0.3) is 0 Å². The lowest BCUT2D eigenvalue weighted by atomic mass is 9.95. The number of ether oxygens (including phenoxy) is 1. The van der Waals surface area contributed by atoms with E-state index in [-0.39, 0.29) is 49.6 Å². The highest BCUT2D eigenvalue weighted by atomic mass is 32.1. The molecule has 1 aliphatic heterocycles. The van der Waals surface area contributed by atoms with E-state index in [2.05, 4.69) is 10.9 Å². The number of hydrogen-bond acceptors (Lipinski definition) is 10. The van der Waals surface area contributed by atoms with E-state index in [1.807, 2.05) is 59.1 Å². The van der Waals surface area contributed by atoms with Gasteiger partial charge < -0.3 is 39.0 Å². The van der Waals surface area contributed by atoms with Gasteiger partial charge in [-0.2, -0.15) is 0 Å². The average molecular weight is 963 g/mol. The fourth-order valence-corrected chi connectivity index (χ4v) is 9.81. The number of thiazole rings is 1. The van der Waals surface area contributed by atoms with E-state index in [4.69, 9.17) is 11.2 Å². The second-order valence-corrected chi connectivity index (χ2v) is 20.2. The van der Waals surface area contributed by atoms with Crippen LogP contribution in [0.3, 0.4) is 0 Å². The molecule has 0 spiro atoms. The molecule has 16 nitrogen and oxygen atoms in total. The second-order valence-electron chi connectivity index (χ2n) is 19.2. The fourth-order valence-electron chi connectivity index (χ4n) is 9.14. The zero-order valence-electron chi connectivity index (χ0n) is 43.1. The third-order valence-corrected chi connectivity index (χ3v) is 14.0. The first-order chi connectivity index (χ1) is 32.0. The molecule has 0 saturated carbocycles. The van der Waals surface area contributed by atoms with E-state index in [9.17, 15) is 33.6 Å². The summed E-state index contributed by atoms with van der Waals surface area (Å²) in [5.74, 6) is -0.441. The first-order valence-electron chi connectivity index (χ1n) is 23.8. The number of rotatable bonds is 24. The number of likely N-dealkylation sites (tertiary alicyclic amines) is 1. The number of terminal acetylenes is 1. The Kier molecular flexibility index (Phi) is 22.0. The van der Waals surface area contributed by atoms with E-state index >= 15 is 0 Å². The molecule has 6 atom stereocenters. The lowest BCUT2D eigenvalue weighted by Gasteiger charge is -2.41. The normalized spacial score (nSPS) is 15.8. The number of unbranched alkanes of at least 4 members (excludes halogenated alkanes) is 3. The van der Waals surface area contributed by atoms with E-state index in [0.717, 1.165) is 23.4 Å². The third kappa shape index (κ3) is 14.3. The number of likely N-dealkylation sites (N-methyl/N-ethyl adjacent to an activating group) is 6. The Morgan fingerprint density at radius 2 is 1.32 bits per heavy atom. The third-order valence-electron chi connectivity index (χ3n) is 13.2. The van der Waals surface area contributed by atoms with Gasteiger partial charge in [0.05, 0.1) is 13.7 Å². The molecule has 0 unspecified atom stereocenters. The summed E-state index contributed by atoms with van der Waals surface area (Å²) in [4.78, 5) is 114. The van der Waals surface area contributed by atoms with Crippen molar-refractivity contribution >= 4 is 52.7 Å². The van der Waals surface area contributed by atoms with E-state index in [1.54, 1.807) is 79.5 Å². The smallest absolute Gasteiger partial charge is 0.246 e. The number of hydrogen-bond donors (Lipinski definition) is 0. The highest BCUT2D eigenvalue weighted by Gasteiger charge is 2.46. The quantitative estimate of drug-likeness (QED) is 0.104. The van der Waals surface area contributed by atoms with E-state index < -0.39 is 71.7 Å². The molecule has 3 rings (SSSR count). The van der Waals surface area contributed by atoms with Crippen LogP contribution in [0.5, 0.6) is 5.75 Å². The fraction of sp³-hybridized carbons (Fsp3) is 0.647. The largest absolute Gasteiger partial charge is 0.497 e. The number of amides is 7. The monoisotopic (exact) mass is 963 g/mol. The molecule has 1 aromatic heterocycles. The van der Waals surface area contributed by atoms with Gasteiger partial charge in [-0.15, -0.1) is 23.7 Å². The minimum Gasteiger partial charge on any atom is -0.497 e. The first-order valence-corrected chi connectivity index (χ1v) is 24.7. The molecule has 376 valence electrons. The van der Waals surface area contributed by atoms with Crippen molar-refractivity contribution in [1.82, 2.24) is 39.3 Å². The number of methoxy groups -OCH3 is 1. The molecule has 7 amide bonds. The predicted molar refractivity (Wildman–Crippen MR) is 265 cm³/mol. The minimum atomic E-state index is -1.01. The zero-order chi connectivity index (χ0) is 51.2. The number of aromatic nitrogens is 1. The van der Waals surface area contributed by atoms with Crippen LogP contribution < -0.4 is 4.74 Å². The predicted octanol–water partition coefficient (Wildman–Crippen LogP) is 5.05. The highest BCUT2D eigenvalue weighted by Crippen LogP contribution is 2.28. The van der Waals surface area contributed by atoms with Gasteiger partial charge >= 0.3 is 0 Å². The van der Waals surface area contributed by atoms with Crippen molar-refractivity contribution in [2.24, 2.45) is 17.8 Å². The van der Waals surface area contributed by atoms with Gasteiger partial charge in [0.15, 0.2) is 0 Å². The summed E-state index contributed by atoms with van der Waals surface area (Å²) in [7, 11) is 11.1. The Labute approximate surface area is 409 Å². The number of nitrogens with zero attached hydrogens (tertiary/aromatic N) is 8. The maximum Gasteiger partial charge on any atom is 0.246 e. The van der Waals surface area contributed by atoms with Crippen LogP contribution in [0.4, 0.5) is 0 Å². The van der Waals surface area contributed by atoms with Crippen LogP contribution in [0.2, 0.25) is 0 Å². The van der Waals surface area contributed by atoms with Crippen molar-refractivity contribution in [3.8, 4) is 18.1 Å². The Bertz CT molecular complexity index is 2050. The Hall–Kier alpha value is -5.50. The molecule has 1 aliphatic rings. The molecule has 2 heterocycles. The Morgan fingerprint density at radius 1 is 0.750 bits per heavy atom. The average Bonchev–Trinajstić information content (AvgIpc) is 4.02. The lowest BCUT2D eigenvalue weighted by Crippen LogP contribution is -2.62. The summed E-state index contributed by atoms with van der Waals surface area (Å²) < 4.78 is 5.34. The molecule has 68 heavy (non-hydrogen) atoms. The molecule has 1 saturated heterocycles. The van der Waals surface area contributed by atoms with Gasteiger partial charge in [-0.3, -0.25) is 33.6 Å². The maximum absolute atomic E-state index is 14.8. The zero-order valence-corrected chi connectivity index (χ0v) is 43.9. The molecule has 1 fully saturated rings. The van der Waals surface area contributed by atoms with Crippen LogP contribution in [-0.4, -0.2) is 173 Å². The second kappa shape index (κ2) is 26.3. The van der Waals surface area contributed by atoms with Crippen LogP contribution in [0.1, 0.15) is 104 Å². The standard InChI is InChI=1S/C51H78N8O8S/c1-16-17-18-19-20-23-42(60)54(10)36(8)46(61)56(12)45(35(6)7)51(66)59-29-21-22-39(59)48(63)57(13)44(34(4)5)50(65)58(14)43(33(2)3)49(64)55(11)40(31-37-24-26-38(67-15)27-25-37)47(62)53(9)32-41-52-28-30-68-41/h1,24-28,30,33-36,39-40,43-45H,17-23,29,31-32H2,2-15H3/t36-,39-,40-,43-,44-,45-/m0/s1. The van der Waals surface area contributed by atoms with Crippen molar-refractivity contribution < 1.29 is 38.3 Å². The van der Waals surface area contributed by atoms with Crippen LogP contribution in [0.15, 0.2) is 35.8 Å². The van der Waals surface area contributed by atoms with Crippen LogP contribution in [-0.2, 0) is 46.5 Å². The maximum atomic E-state index is 14.8. The number of carbonyl (C=O) groups is 7. The Balaban J connectivity index is 1.86. The molecular weight excluding hydrogens is 885 g/mol. The van der Waals surface area contributed by atoms with Crippen LogP contribution >= 0.6 is 11.3 Å². The summed E-state index contributed by atoms with van der Waals surface area (Å²) in [5, 5.41) is 2.58. The molecule has 17 heteroatoms. The molecule has 1 aromatic carbocycles. The summed E-state index contributed by atoms with van der Waals surface area (Å²) >= 11 is 1.43. The molecular formula is C51H78N8O8S. The van der Waals surface area contributed by atoms with Gasteiger partial charge in [-0.1, -0.05) is 60.1 Å². The number of carbonyl (C=O) groups excluding carboxylic acids is 7. The van der Waals surface area contributed by atoms with Gasteiger partial charge in [0, 0.05) is 79.7 Å². The van der Waals surface area contributed by atoms with Gasteiger partial charge in [0.25, 0.3) is 0 Å². The SMILES string of the molecule is C#CCCCCCC(=O)N(C)[C@@H](C)C(=O)N(C)[C@H](C(=O)N1CCC[C@H]1C(=O)N(C)[C@H](C(=O)N(C)[C@H](C(=O)N(C)[C@@H](Cc1ccc(OC)cc1)C(=O)N(C)Cc1nccs1)C(C)C)C(C)C)C(C)C. The number of benzene rings is 1. The van der Waals surface area contributed by atoms with Crippen molar-refractivity contribution in [3.05, 3.63) is 46.4 Å². The van der Waals surface area contributed by atoms with Gasteiger partial charge in [0.2, 0.25) is 41.4 Å². The summed E-state index contributed by atoms with van der Waals surface area (Å²) in [6, 6.07) is 1.70. The first kappa shape index (κ1) is 56.8. The lowest BCUT2D eigenvalue weighted by molar-refractivity contribution is -0.158. The molecule has 0 aliphatic carbocycles. The molecule has 0 N–H and O–H groups in total. The minimum absolute atomic E-state index is 0.174. The topological polar surface area (TPSA) is 164 Å². The van der Waals surface area contributed by atoms with Gasteiger partial charge in [0.1, 0.15) is 47.0 Å². The summed E-state index contributed by atoms with van der Waals surface area (Å²) in [6.07, 6.45) is 11.3. The highest BCUT2D eigenvalue weighted by molar-refractivity contribution is 7.09. The van der Waals surface area contributed by atoms with Gasteiger partial charge in [-0.25, -0.2) is 4.98 Å². The van der Waals surface area contributed by atoms with Crippen molar-refractivity contribution in [1.29, 1.82) is 0 Å². The van der Waals surface area contributed by atoms with Gasteiger partial charge in [-0.05, 0) is 68.1 Å². The van der Waals surface area contributed by atoms with Crippen molar-refractivity contribution in [2.45, 2.75) is 143 Å². The summed E-state index contributed by atoms with van der Waals surface area (Å²) in [6.45, 7) is 13.2. The van der Waals surface area contributed by atoms with E-state index in [1.165, 1.54) is 40.7 Å². The summed E-state index contributed by atoms with van der Waals surface area (Å²) in [5.41, 5.74) is 0.808. The Morgan fingerprint density at radius 3 is 1.87 bits per heavy atom.